The Hall–Kier alpha value is -2.74. The number of hydrogen-bond donors (Lipinski definition) is 1. The predicted molar refractivity (Wildman–Crippen MR) is 95.5 cm³/mol. The molecule has 142 valence electrons. The molecule has 1 N–H and O–H groups in total. The summed E-state index contributed by atoms with van der Waals surface area (Å²) in [5.41, 5.74) is 1.49. The van der Waals surface area contributed by atoms with E-state index in [1.54, 1.807) is 15.6 Å². The number of fused-ring (bicyclic) bond motifs is 1. The average Bonchev–Trinajstić information content (AvgIpc) is 3.27. The van der Waals surface area contributed by atoms with Gasteiger partial charge in [0.05, 0.1) is 36.5 Å². The van der Waals surface area contributed by atoms with Crippen molar-refractivity contribution in [3.05, 3.63) is 47.5 Å². The van der Waals surface area contributed by atoms with E-state index in [4.69, 9.17) is 4.74 Å². The number of hydrogen-bond acceptors (Lipinski definition) is 4. The lowest BCUT2D eigenvalue weighted by Crippen LogP contribution is -2.36. The lowest BCUT2D eigenvalue weighted by molar-refractivity contribution is -0.136. The minimum atomic E-state index is -0.419. The van der Waals surface area contributed by atoms with Crippen molar-refractivity contribution in [3.63, 3.8) is 0 Å². The summed E-state index contributed by atoms with van der Waals surface area (Å²) >= 11 is 0. The third-order valence-electron chi connectivity index (χ3n) is 5.00. The first kappa shape index (κ1) is 17.7. The van der Waals surface area contributed by atoms with Gasteiger partial charge in [-0.2, -0.15) is 5.10 Å². The largest absolute Gasteiger partial charge is 0.381 e. The first-order valence-electron chi connectivity index (χ1n) is 9.10. The van der Waals surface area contributed by atoms with Gasteiger partial charge in [-0.1, -0.05) is 6.07 Å². The van der Waals surface area contributed by atoms with Crippen LogP contribution in [-0.4, -0.2) is 46.3 Å². The van der Waals surface area contributed by atoms with Crippen molar-refractivity contribution in [1.82, 2.24) is 14.7 Å². The molecule has 27 heavy (non-hydrogen) atoms. The number of halogens is 1. The van der Waals surface area contributed by atoms with Crippen LogP contribution in [0.2, 0.25) is 0 Å². The fourth-order valence-corrected chi connectivity index (χ4v) is 3.57. The highest BCUT2D eigenvalue weighted by Crippen LogP contribution is 2.22. The van der Waals surface area contributed by atoms with Crippen LogP contribution in [0.25, 0.3) is 0 Å². The first-order chi connectivity index (χ1) is 13.1. The number of aromatic nitrogens is 2. The van der Waals surface area contributed by atoms with Crippen LogP contribution in [0.5, 0.6) is 0 Å². The summed E-state index contributed by atoms with van der Waals surface area (Å²) in [6.07, 6.45) is 3.02. The molecular weight excluding hydrogens is 351 g/mol. The van der Waals surface area contributed by atoms with Gasteiger partial charge in [-0.3, -0.25) is 14.3 Å². The Kier molecular flexibility index (Phi) is 4.89. The van der Waals surface area contributed by atoms with Gasteiger partial charge in [0.15, 0.2) is 0 Å². The van der Waals surface area contributed by atoms with Crippen molar-refractivity contribution in [2.45, 2.75) is 25.9 Å². The summed E-state index contributed by atoms with van der Waals surface area (Å²) < 4.78 is 20.5. The van der Waals surface area contributed by atoms with Crippen molar-refractivity contribution < 1.29 is 18.7 Å². The smallest absolute Gasteiger partial charge is 0.259 e. The summed E-state index contributed by atoms with van der Waals surface area (Å²) in [5.74, 6) is -0.819. The van der Waals surface area contributed by atoms with E-state index >= 15 is 0 Å². The third-order valence-corrected chi connectivity index (χ3v) is 5.00. The van der Waals surface area contributed by atoms with Crippen LogP contribution in [-0.2, 0) is 22.6 Å². The Labute approximate surface area is 156 Å². The molecule has 0 radical (unpaired) electrons. The van der Waals surface area contributed by atoms with Gasteiger partial charge in [-0.15, -0.1) is 0 Å². The topological polar surface area (TPSA) is 76.5 Å². The molecule has 0 spiro atoms. The van der Waals surface area contributed by atoms with Crippen LogP contribution in [0.1, 0.15) is 28.9 Å². The number of aryl methyl sites for hydroxylation is 1. The Morgan fingerprint density at radius 3 is 2.96 bits per heavy atom. The van der Waals surface area contributed by atoms with Gasteiger partial charge in [0.25, 0.3) is 5.91 Å². The number of rotatable bonds is 3. The van der Waals surface area contributed by atoms with Gasteiger partial charge in [-0.05, 0) is 31.0 Å². The molecular formula is C19H21FN4O3. The number of benzene rings is 1. The van der Waals surface area contributed by atoms with Gasteiger partial charge in [0.1, 0.15) is 5.82 Å². The molecule has 0 saturated carbocycles. The number of ether oxygens (including phenoxy) is 1. The Balaban J connectivity index is 1.54. The molecule has 1 saturated heterocycles. The molecule has 8 heteroatoms. The SMILES string of the molecule is O=C(Nc1cccc(F)c1)c1cnn2c1CN(C(=O)C1CCOC1)CCC2. The van der Waals surface area contributed by atoms with Crippen molar-refractivity contribution in [1.29, 1.82) is 0 Å². The standard InChI is InChI=1S/C19H21FN4O3/c20-14-3-1-4-15(9-14)22-18(25)16-10-21-24-7-2-6-23(11-17(16)24)19(26)13-5-8-27-12-13/h1,3-4,9-10,13H,2,5-8,11-12H2,(H,22,25). The monoisotopic (exact) mass is 372 g/mol. The Bertz CT molecular complexity index is 860. The lowest BCUT2D eigenvalue weighted by atomic mass is 10.1. The predicted octanol–water partition coefficient (Wildman–Crippen LogP) is 2.04. The number of nitrogens with one attached hydrogen (secondary N) is 1. The second kappa shape index (κ2) is 7.48. The molecule has 0 aliphatic carbocycles. The van der Waals surface area contributed by atoms with Gasteiger partial charge >= 0.3 is 0 Å². The number of carbonyl (C=O) groups excluding carboxylic acids is 2. The molecule has 1 aromatic heterocycles. The van der Waals surface area contributed by atoms with Crippen molar-refractivity contribution in [3.8, 4) is 0 Å². The fourth-order valence-electron chi connectivity index (χ4n) is 3.57. The highest BCUT2D eigenvalue weighted by molar-refractivity contribution is 6.05. The minimum absolute atomic E-state index is 0.0682. The molecule has 2 aromatic rings. The number of nitrogens with zero attached hydrogens (tertiary/aromatic N) is 3. The maximum atomic E-state index is 13.4. The normalized spacial score (nSPS) is 19.4. The maximum absolute atomic E-state index is 13.4. The third kappa shape index (κ3) is 3.71. The van der Waals surface area contributed by atoms with E-state index in [-0.39, 0.29) is 17.7 Å². The van der Waals surface area contributed by atoms with Gasteiger partial charge in [0.2, 0.25) is 5.91 Å². The minimum Gasteiger partial charge on any atom is -0.381 e. The first-order valence-corrected chi connectivity index (χ1v) is 9.10. The average molecular weight is 372 g/mol. The molecule has 4 rings (SSSR count). The molecule has 2 aliphatic heterocycles. The van der Waals surface area contributed by atoms with Crippen molar-refractivity contribution >= 4 is 17.5 Å². The summed E-state index contributed by atoms with van der Waals surface area (Å²) in [6.45, 7) is 2.68. The highest BCUT2D eigenvalue weighted by atomic mass is 19.1. The van der Waals surface area contributed by atoms with E-state index in [1.165, 1.54) is 24.4 Å². The summed E-state index contributed by atoms with van der Waals surface area (Å²) in [4.78, 5) is 27.3. The highest BCUT2D eigenvalue weighted by Gasteiger charge is 2.31. The zero-order valence-electron chi connectivity index (χ0n) is 14.9. The van der Waals surface area contributed by atoms with E-state index in [1.807, 2.05) is 0 Å². The number of anilines is 1. The van der Waals surface area contributed by atoms with E-state index < -0.39 is 5.82 Å². The molecule has 1 atom stereocenters. The molecule has 1 aromatic carbocycles. The van der Waals surface area contributed by atoms with Crippen LogP contribution in [0, 0.1) is 11.7 Å². The Morgan fingerprint density at radius 1 is 1.30 bits per heavy atom. The summed E-state index contributed by atoms with van der Waals surface area (Å²) in [5, 5.41) is 7.01. The van der Waals surface area contributed by atoms with Crippen LogP contribution in [0.3, 0.4) is 0 Å². The van der Waals surface area contributed by atoms with Crippen molar-refractivity contribution in [2.75, 3.05) is 25.1 Å². The number of amides is 2. The molecule has 0 bridgehead atoms. The van der Waals surface area contributed by atoms with Gasteiger partial charge in [0, 0.05) is 25.4 Å². The zero-order valence-corrected chi connectivity index (χ0v) is 14.9. The lowest BCUT2D eigenvalue weighted by Gasteiger charge is -2.23. The van der Waals surface area contributed by atoms with E-state index in [0.717, 1.165) is 12.8 Å². The number of carbonyl (C=O) groups is 2. The van der Waals surface area contributed by atoms with E-state index in [0.29, 0.717) is 49.8 Å². The van der Waals surface area contributed by atoms with Crippen LogP contribution >= 0.6 is 0 Å². The molecule has 7 nitrogen and oxygen atoms in total. The fraction of sp³-hybridized carbons (Fsp3) is 0.421. The zero-order chi connectivity index (χ0) is 18.8. The molecule has 2 aliphatic rings. The van der Waals surface area contributed by atoms with Gasteiger partial charge < -0.3 is 15.0 Å². The van der Waals surface area contributed by atoms with E-state index in [9.17, 15) is 14.0 Å². The quantitative estimate of drug-likeness (QED) is 0.895. The van der Waals surface area contributed by atoms with E-state index in [2.05, 4.69) is 10.4 Å². The van der Waals surface area contributed by atoms with Crippen LogP contribution < -0.4 is 5.32 Å². The molecule has 1 unspecified atom stereocenters. The summed E-state index contributed by atoms with van der Waals surface area (Å²) in [7, 11) is 0. The molecule has 2 amide bonds. The van der Waals surface area contributed by atoms with Gasteiger partial charge in [-0.25, -0.2) is 4.39 Å². The molecule has 1 fully saturated rings. The summed E-state index contributed by atoms with van der Waals surface area (Å²) in [6, 6.07) is 5.74. The Morgan fingerprint density at radius 2 is 2.19 bits per heavy atom. The van der Waals surface area contributed by atoms with Crippen LogP contribution in [0.15, 0.2) is 30.5 Å². The molecule has 3 heterocycles. The van der Waals surface area contributed by atoms with Crippen LogP contribution in [0.4, 0.5) is 10.1 Å². The van der Waals surface area contributed by atoms with Crippen molar-refractivity contribution in [2.24, 2.45) is 5.92 Å². The second-order valence-corrected chi connectivity index (χ2v) is 6.87. The maximum Gasteiger partial charge on any atom is 0.259 e. The second-order valence-electron chi connectivity index (χ2n) is 6.87.